The molecule has 0 saturated carbocycles. The Morgan fingerprint density at radius 3 is 2.03 bits per heavy atom. The van der Waals surface area contributed by atoms with E-state index in [9.17, 15) is 28.6 Å². The summed E-state index contributed by atoms with van der Waals surface area (Å²) in [5.41, 5.74) is -1.57. The molecule has 2 aromatic rings. The van der Waals surface area contributed by atoms with Gasteiger partial charge in [-0.3, -0.25) is 37.7 Å². The lowest BCUT2D eigenvalue weighted by atomic mass is 10.0. The first kappa shape index (κ1) is 27.4. The van der Waals surface area contributed by atoms with Crippen molar-refractivity contribution in [1.29, 1.82) is 0 Å². The van der Waals surface area contributed by atoms with Crippen LogP contribution in [0.1, 0.15) is 56.7 Å². The van der Waals surface area contributed by atoms with Crippen molar-refractivity contribution in [1.82, 2.24) is 19.1 Å². The molecule has 204 valence electrons. The lowest BCUT2D eigenvalue weighted by Gasteiger charge is -2.22. The smallest absolute Gasteiger partial charge is 0.352 e. The quantitative estimate of drug-likeness (QED) is 0.404. The molecule has 0 bridgehead atoms. The Hall–Kier alpha value is -2.61. The van der Waals surface area contributed by atoms with Crippen molar-refractivity contribution in [3.8, 4) is 0 Å². The molecule has 2 aliphatic rings. The van der Waals surface area contributed by atoms with Crippen molar-refractivity contribution in [3.05, 3.63) is 65.2 Å². The zero-order valence-corrected chi connectivity index (χ0v) is 21.8. The van der Waals surface area contributed by atoms with E-state index in [1.165, 1.54) is 21.5 Å². The Morgan fingerprint density at radius 1 is 0.973 bits per heavy atom. The van der Waals surface area contributed by atoms with Gasteiger partial charge in [0.25, 0.3) is 11.1 Å². The van der Waals surface area contributed by atoms with Crippen LogP contribution in [0, 0.1) is 19.8 Å². The van der Waals surface area contributed by atoms with Gasteiger partial charge in [-0.05, 0) is 32.6 Å². The summed E-state index contributed by atoms with van der Waals surface area (Å²) in [5.74, 6) is -0.123. The number of nitrogens with one attached hydrogen (secondary N) is 2. The van der Waals surface area contributed by atoms with E-state index >= 15 is 0 Å². The highest BCUT2D eigenvalue weighted by Gasteiger charge is 2.42. The van der Waals surface area contributed by atoms with Crippen LogP contribution in [0.25, 0.3) is 0 Å². The molecule has 0 amide bonds. The summed E-state index contributed by atoms with van der Waals surface area (Å²) < 4.78 is 37.7. The molecule has 7 atom stereocenters. The monoisotopic (exact) mass is 542 g/mol. The minimum atomic E-state index is -4.56. The molecule has 0 spiro atoms. The van der Waals surface area contributed by atoms with Crippen LogP contribution in [0.15, 0.2) is 31.6 Å². The van der Waals surface area contributed by atoms with Crippen LogP contribution in [0.3, 0.4) is 0 Å². The van der Waals surface area contributed by atoms with Crippen molar-refractivity contribution in [2.24, 2.45) is 5.92 Å². The van der Waals surface area contributed by atoms with E-state index < -0.39 is 61.1 Å². The van der Waals surface area contributed by atoms with E-state index in [0.717, 1.165) is 0 Å². The van der Waals surface area contributed by atoms with Crippen molar-refractivity contribution in [3.63, 3.8) is 0 Å². The Labute approximate surface area is 210 Å². The normalized spacial score (nSPS) is 29.4. The SMILES string of the molecule is CC[C@H]1O[C@@H](n2cc(C)c(=O)[nH]c2=O)C[C@@H]1OP(=O)(O)OC[C@H]1O[C@@H](n2cc(C)c(=O)[nH]c2=O)C[C@@H]1C. The van der Waals surface area contributed by atoms with Gasteiger partial charge in [0.15, 0.2) is 0 Å². The molecule has 0 radical (unpaired) electrons. The zero-order valence-electron chi connectivity index (χ0n) is 20.9. The summed E-state index contributed by atoms with van der Waals surface area (Å²) >= 11 is 0. The first-order chi connectivity index (χ1) is 17.4. The number of hydrogen-bond acceptors (Lipinski definition) is 9. The highest BCUT2D eigenvalue weighted by Crippen LogP contribution is 2.49. The molecule has 14 nitrogen and oxygen atoms in total. The topological polar surface area (TPSA) is 184 Å². The highest BCUT2D eigenvalue weighted by atomic mass is 31.2. The molecular formula is C22H31N4O10P. The molecule has 3 N–H and O–H groups in total. The second-order valence-corrected chi connectivity index (χ2v) is 10.9. The van der Waals surface area contributed by atoms with Crippen molar-refractivity contribution < 1.29 is 28.0 Å². The van der Waals surface area contributed by atoms with Gasteiger partial charge in [0, 0.05) is 29.9 Å². The number of aromatic nitrogens is 4. The Balaban J connectivity index is 1.39. The fourth-order valence-corrected chi connectivity index (χ4v) is 5.52. The fourth-order valence-electron chi connectivity index (χ4n) is 4.56. The van der Waals surface area contributed by atoms with Crippen LogP contribution in [0.5, 0.6) is 0 Å². The van der Waals surface area contributed by atoms with Crippen molar-refractivity contribution >= 4 is 7.82 Å². The third-order valence-corrected chi connectivity index (χ3v) is 7.72. The van der Waals surface area contributed by atoms with Gasteiger partial charge >= 0.3 is 19.2 Å². The second-order valence-electron chi connectivity index (χ2n) is 9.48. The van der Waals surface area contributed by atoms with Gasteiger partial charge in [0.05, 0.1) is 24.9 Å². The van der Waals surface area contributed by atoms with E-state index in [1.54, 1.807) is 13.8 Å². The number of phosphoric ester groups is 1. The van der Waals surface area contributed by atoms with Crippen molar-refractivity contribution in [2.45, 2.75) is 77.7 Å². The largest absolute Gasteiger partial charge is 0.472 e. The van der Waals surface area contributed by atoms with E-state index in [1.807, 2.05) is 13.8 Å². The van der Waals surface area contributed by atoms with Gasteiger partial charge in [-0.2, -0.15) is 0 Å². The number of hydrogen-bond donors (Lipinski definition) is 3. The van der Waals surface area contributed by atoms with Gasteiger partial charge in [-0.25, -0.2) is 14.2 Å². The van der Waals surface area contributed by atoms with Crippen LogP contribution in [-0.4, -0.2) is 48.9 Å². The number of ether oxygens (including phenoxy) is 2. The van der Waals surface area contributed by atoms with E-state index in [4.69, 9.17) is 18.5 Å². The number of aromatic amines is 2. The summed E-state index contributed by atoms with van der Waals surface area (Å²) in [4.78, 5) is 62.6. The van der Waals surface area contributed by atoms with Gasteiger partial charge in [0.1, 0.15) is 12.5 Å². The Bertz CT molecular complexity index is 1430. The molecule has 1 unspecified atom stereocenters. The average molecular weight is 542 g/mol. The van der Waals surface area contributed by atoms with Crippen LogP contribution in [0.2, 0.25) is 0 Å². The Kier molecular flexibility index (Phi) is 7.88. The van der Waals surface area contributed by atoms with Crippen LogP contribution in [-0.2, 0) is 23.1 Å². The number of phosphoric acid groups is 1. The first-order valence-electron chi connectivity index (χ1n) is 12.0. The van der Waals surface area contributed by atoms with Crippen LogP contribution < -0.4 is 22.5 Å². The molecule has 2 saturated heterocycles. The first-order valence-corrected chi connectivity index (χ1v) is 13.5. The van der Waals surface area contributed by atoms with Crippen molar-refractivity contribution in [2.75, 3.05) is 6.61 Å². The lowest BCUT2D eigenvalue weighted by Crippen LogP contribution is -2.33. The summed E-state index contributed by atoms with van der Waals surface area (Å²) in [7, 11) is -4.56. The number of H-pyrrole nitrogens is 2. The van der Waals surface area contributed by atoms with Gasteiger partial charge < -0.3 is 14.4 Å². The van der Waals surface area contributed by atoms with Gasteiger partial charge in [-0.15, -0.1) is 0 Å². The molecule has 37 heavy (non-hydrogen) atoms. The molecule has 2 fully saturated rings. The lowest BCUT2D eigenvalue weighted by molar-refractivity contribution is -0.0405. The maximum Gasteiger partial charge on any atom is 0.472 e. The predicted octanol–water partition coefficient (Wildman–Crippen LogP) is 0.827. The summed E-state index contributed by atoms with van der Waals surface area (Å²) in [6.07, 6.45) is 0.246. The van der Waals surface area contributed by atoms with E-state index in [2.05, 4.69) is 9.97 Å². The maximum atomic E-state index is 12.8. The number of nitrogens with zero attached hydrogens (tertiary/aromatic N) is 2. The minimum Gasteiger partial charge on any atom is -0.352 e. The highest BCUT2D eigenvalue weighted by molar-refractivity contribution is 7.47. The van der Waals surface area contributed by atoms with E-state index in [0.29, 0.717) is 24.0 Å². The maximum absolute atomic E-state index is 12.8. The zero-order chi connectivity index (χ0) is 27.1. The number of aryl methyl sites for hydroxylation is 2. The molecule has 2 aliphatic heterocycles. The summed E-state index contributed by atoms with van der Waals surface area (Å²) in [6.45, 7) is 6.52. The molecule has 0 aromatic carbocycles. The minimum absolute atomic E-state index is 0.0880. The Morgan fingerprint density at radius 2 is 1.49 bits per heavy atom. The molecule has 0 aliphatic carbocycles. The summed E-state index contributed by atoms with van der Waals surface area (Å²) in [5, 5.41) is 0. The summed E-state index contributed by atoms with van der Waals surface area (Å²) in [6, 6.07) is 0. The van der Waals surface area contributed by atoms with Crippen LogP contribution >= 0.6 is 7.82 Å². The van der Waals surface area contributed by atoms with Gasteiger partial charge in [-0.1, -0.05) is 13.8 Å². The molecular weight excluding hydrogens is 511 g/mol. The van der Waals surface area contributed by atoms with Crippen LogP contribution in [0.4, 0.5) is 0 Å². The third kappa shape index (κ3) is 5.95. The third-order valence-electron chi connectivity index (χ3n) is 6.71. The molecule has 4 heterocycles. The second kappa shape index (κ2) is 10.6. The molecule has 4 rings (SSSR count). The number of rotatable bonds is 8. The molecule has 15 heteroatoms. The van der Waals surface area contributed by atoms with Gasteiger partial charge in [0.2, 0.25) is 0 Å². The standard InChI is InChI=1S/C22H31N4O10P/c1-5-14-15(7-18(34-14)26-9-13(4)20(28)24-22(26)30)36-37(31,32)33-10-16-11(2)6-17(35-16)25-8-12(3)19(27)23-21(25)29/h8-9,11,14-18H,5-7,10H2,1-4H3,(H,31,32)(H,23,27,29)(H,24,28,30)/t11-,14+,15-,16+,17+,18+/m0/s1. The molecule has 2 aromatic heterocycles. The average Bonchev–Trinajstić information content (AvgIpc) is 3.39. The fraction of sp³-hybridized carbons (Fsp3) is 0.636. The van der Waals surface area contributed by atoms with E-state index in [-0.39, 0.29) is 18.9 Å². The predicted molar refractivity (Wildman–Crippen MR) is 129 cm³/mol.